The Bertz CT molecular complexity index is 1630. The summed E-state index contributed by atoms with van der Waals surface area (Å²) in [5.41, 5.74) is 5.02. The maximum absolute atomic E-state index is 14.0. The number of nitrogens with zero attached hydrogens (tertiary/aromatic N) is 3. The average molecular weight is 555 g/mol. The van der Waals surface area contributed by atoms with Gasteiger partial charge in [0, 0.05) is 37.1 Å². The number of hydrogen-bond acceptors (Lipinski definition) is 4. The fourth-order valence-electron chi connectivity index (χ4n) is 5.77. The number of anilines is 1. The van der Waals surface area contributed by atoms with E-state index in [1.54, 1.807) is 18.3 Å². The van der Waals surface area contributed by atoms with Crippen molar-refractivity contribution < 1.29 is 13.2 Å². The van der Waals surface area contributed by atoms with Gasteiger partial charge in [0.05, 0.1) is 11.4 Å². The van der Waals surface area contributed by atoms with Crippen LogP contribution in [0.2, 0.25) is 0 Å². The number of nitrogens with one attached hydrogen (secondary N) is 1. The number of amides is 1. The largest absolute Gasteiger partial charge is 0.337 e. The zero-order valence-corrected chi connectivity index (χ0v) is 23.6. The Labute approximate surface area is 235 Å². The molecule has 6 rings (SSSR count). The molecule has 7 nitrogen and oxygen atoms in total. The molecule has 1 N–H and O–H groups in total. The van der Waals surface area contributed by atoms with E-state index in [0.29, 0.717) is 13.0 Å². The first-order valence-electron chi connectivity index (χ1n) is 13.8. The highest BCUT2D eigenvalue weighted by molar-refractivity contribution is 7.89. The van der Waals surface area contributed by atoms with Crippen LogP contribution in [0.3, 0.4) is 0 Å². The molecule has 0 bridgehead atoms. The molecule has 2 aliphatic rings. The Hall–Kier alpha value is -3.75. The number of hydrogen-bond donors (Lipinski definition) is 1. The second kappa shape index (κ2) is 10.7. The molecule has 0 spiro atoms. The number of sulfonamides is 1. The molecule has 0 radical (unpaired) electrons. The van der Waals surface area contributed by atoms with E-state index in [0.717, 1.165) is 47.5 Å². The van der Waals surface area contributed by atoms with Crippen LogP contribution in [0.1, 0.15) is 59.3 Å². The zero-order valence-electron chi connectivity index (χ0n) is 22.8. The third-order valence-corrected chi connectivity index (χ3v) is 9.69. The van der Waals surface area contributed by atoms with Crippen LogP contribution < -0.4 is 9.62 Å². The number of aryl methyl sites for hydroxylation is 3. The van der Waals surface area contributed by atoms with Crippen LogP contribution in [0, 0.1) is 12.8 Å². The SMILES string of the molecule is Cc1ccc(S(=O)(=O)N[C@H]2CCCc3ccc(N(Cc4nccn4C)C(=O)[C@@H]4C[C@@H]4c4ccccc4)cc32)cc1. The van der Waals surface area contributed by atoms with Crippen LogP contribution in [-0.2, 0) is 34.8 Å². The Morgan fingerprint density at radius 2 is 1.85 bits per heavy atom. The van der Waals surface area contributed by atoms with Crippen molar-refractivity contribution in [2.75, 3.05) is 4.90 Å². The van der Waals surface area contributed by atoms with Gasteiger partial charge in [0.2, 0.25) is 15.9 Å². The Morgan fingerprint density at radius 1 is 1.07 bits per heavy atom. The van der Waals surface area contributed by atoms with Gasteiger partial charge in [-0.1, -0.05) is 54.1 Å². The Balaban J connectivity index is 1.31. The molecule has 1 fully saturated rings. The fraction of sp³-hybridized carbons (Fsp3) is 0.312. The zero-order chi connectivity index (χ0) is 27.9. The predicted octanol–water partition coefficient (Wildman–Crippen LogP) is 5.42. The van der Waals surface area contributed by atoms with Gasteiger partial charge in [-0.05, 0) is 79.5 Å². The summed E-state index contributed by atoms with van der Waals surface area (Å²) in [5, 5.41) is 0. The van der Waals surface area contributed by atoms with Gasteiger partial charge in [-0.15, -0.1) is 0 Å². The summed E-state index contributed by atoms with van der Waals surface area (Å²) in [4.78, 5) is 20.6. The van der Waals surface area contributed by atoms with Crippen molar-refractivity contribution in [2.45, 2.75) is 56.0 Å². The van der Waals surface area contributed by atoms with Gasteiger partial charge in [-0.3, -0.25) is 4.79 Å². The number of imidazole rings is 1. The van der Waals surface area contributed by atoms with Crippen molar-refractivity contribution in [3.63, 3.8) is 0 Å². The van der Waals surface area contributed by atoms with Gasteiger partial charge in [-0.2, -0.15) is 0 Å². The summed E-state index contributed by atoms with van der Waals surface area (Å²) in [6.07, 6.45) is 6.92. The summed E-state index contributed by atoms with van der Waals surface area (Å²) < 4.78 is 31.4. The van der Waals surface area contributed by atoms with E-state index < -0.39 is 10.0 Å². The molecule has 8 heteroatoms. The molecule has 1 aromatic heterocycles. The molecule has 4 aromatic rings. The van der Waals surface area contributed by atoms with E-state index in [1.165, 1.54) is 5.56 Å². The smallest absolute Gasteiger partial charge is 0.241 e. The summed E-state index contributed by atoms with van der Waals surface area (Å²) >= 11 is 0. The number of carbonyl (C=O) groups is 1. The normalized spacial score (nSPS) is 20.1. The molecule has 206 valence electrons. The monoisotopic (exact) mass is 554 g/mol. The summed E-state index contributed by atoms with van der Waals surface area (Å²) in [7, 11) is -1.77. The van der Waals surface area contributed by atoms with Gasteiger partial charge >= 0.3 is 0 Å². The molecule has 40 heavy (non-hydrogen) atoms. The summed E-state index contributed by atoms with van der Waals surface area (Å²) in [5.74, 6) is 0.989. The summed E-state index contributed by atoms with van der Waals surface area (Å²) in [6.45, 7) is 2.28. The molecule has 2 aliphatic carbocycles. The molecule has 0 aliphatic heterocycles. The van der Waals surface area contributed by atoms with E-state index in [-0.39, 0.29) is 28.7 Å². The van der Waals surface area contributed by atoms with E-state index >= 15 is 0 Å². The highest BCUT2D eigenvalue weighted by Gasteiger charge is 2.46. The Kier molecular flexibility index (Phi) is 7.06. The summed E-state index contributed by atoms with van der Waals surface area (Å²) in [6, 6.07) is 22.8. The first-order chi connectivity index (χ1) is 19.3. The molecule has 1 saturated carbocycles. The maximum Gasteiger partial charge on any atom is 0.241 e. The first kappa shape index (κ1) is 26.5. The van der Waals surface area contributed by atoms with Crippen LogP contribution in [-0.4, -0.2) is 23.9 Å². The standard InChI is InChI=1S/C32H34N4O3S/c1-22-11-15-26(16-12-22)40(38,39)34-30-10-6-9-24-13-14-25(19-28(24)30)36(21-31-33-17-18-35(31)2)32(37)29-20-27(29)23-7-4-3-5-8-23/h3-5,7-8,11-19,27,29-30,34H,6,9-10,20-21H2,1-2H3/t27-,29-,30+/m1/s1. The molecule has 1 amide bonds. The highest BCUT2D eigenvalue weighted by atomic mass is 32.2. The van der Waals surface area contributed by atoms with Crippen LogP contribution in [0.5, 0.6) is 0 Å². The maximum atomic E-state index is 14.0. The number of aromatic nitrogens is 2. The van der Waals surface area contributed by atoms with Crippen molar-refractivity contribution in [1.82, 2.24) is 14.3 Å². The van der Waals surface area contributed by atoms with Gasteiger partial charge in [0.15, 0.2) is 0 Å². The van der Waals surface area contributed by atoms with Crippen molar-refractivity contribution in [2.24, 2.45) is 13.0 Å². The minimum absolute atomic E-state index is 0.0735. The highest BCUT2D eigenvalue weighted by Crippen LogP contribution is 2.49. The molecule has 3 aromatic carbocycles. The van der Waals surface area contributed by atoms with Gasteiger partial charge in [-0.25, -0.2) is 18.1 Å². The topological polar surface area (TPSA) is 84.3 Å². The Morgan fingerprint density at radius 3 is 2.58 bits per heavy atom. The minimum atomic E-state index is -3.70. The lowest BCUT2D eigenvalue weighted by molar-refractivity contribution is -0.120. The van der Waals surface area contributed by atoms with E-state index in [2.05, 4.69) is 27.9 Å². The predicted molar refractivity (Wildman–Crippen MR) is 155 cm³/mol. The third kappa shape index (κ3) is 5.33. The number of carbonyl (C=O) groups excluding carboxylic acids is 1. The van der Waals surface area contributed by atoms with E-state index in [1.807, 2.05) is 72.1 Å². The van der Waals surface area contributed by atoms with Gasteiger partial charge in [0.25, 0.3) is 0 Å². The molecule has 0 unspecified atom stereocenters. The lowest BCUT2D eigenvalue weighted by Crippen LogP contribution is -2.34. The molecular formula is C32H34N4O3S. The quantitative estimate of drug-likeness (QED) is 0.315. The lowest BCUT2D eigenvalue weighted by Gasteiger charge is -2.29. The van der Waals surface area contributed by atoms with Gasteiger partial charge < -0.3 is 9.47 Å². The van der Waals surface area contributed by atoms with Crippen LogP contribution in [0.4, 0.5) is 5.69 Å². The van der Waals surface area contributed by atoms with Crippen LogP contribution in [0.25, 0.3) is 0 Å². The number of rotatable bonds is 8. The number of fused-ring (bicyclic) bond motifs is 1. The molecule has 0 saturated heterocycles. The van der Waals surface area contributed by atoms with Crippen LogP contribution >= 0.6 is 0 Å². The van der Waals surface area contributed by atoms with Crippen molar-refractivity contribution >= 4 is 21.6 Å². The van der Waals surface area contributed by atoms with E-state index in [4.69, 9.17) is 0 Å². The second-order valence-electron chi connectivity index (χ2n) is 11.0. The van der Waals surface area contributed by atoms with E-state index in [9.17, 15) is 13.2 Å². The minimum Gasteiger partial charge on any atom is -0.337 e. The number of benzene rings is 3. The first-order valence-corrected chi connectivity index (χ1v) is 15.3. The van der Waals surface area contributed by atoms with Crippen molar-refractivity contribution in [1.29, 1.82) is 0 Å². The van der Waals surface area contributed by atoms with Gasteiger partial charge in [0.1, 0.15) is 5.82 Å². The third-order valence-electron chi connectivity index (χ3n) is 8.21. The van der Waals surface area contributed by atoms with Crippen LogP contribution in [0.15, 0.2) is 90.1 Å². The molecular weight excluding hydrogens is 520 g/mol. The average Bonchev–Trinajstić information content (AvgIpc) is 3.66. The lowest BCUT2D eigenvalue weighted by atomic mass is 9.87. The fourth-order valence-corrected chi connectivity index (χ4v) is 7.02. The second-order valence-corrected chi connectivity index (χ2v) is 12.7. The van der Waals surface area contributed by atoms with Crippen molar-refractivity contribution in [3.05, 3.63) is 113 Å². The molecule has 3 atom stereocenters. The molecule has 1 heterocycles. The van der Waals surface area contributed by atoms with Crippen molar-refractivity contribution in [3.8, 4) is 0 Å².